The number of aryl methyl sites for hydroxylation is 1. The predicted molar refractivity (Wildman–Crippen MR) is 68.1 cm³/mol. The fourth-order valence-electron chi connectivity index (χ4n) is 1.84. The molecule has 84 valence electrons. The molecule has 0 saturated carbocycles. The highest BCUT2D eigenvalue weighted by atomic mass is 14.1. The lowest BCUT2D eigenvalue weighted by Gasteiger charge is -2.08. The molecule has 0 N–H and O–H groups in total. The maximum atomic E-state index is 2.38. The Labute approximate surface area is 94.7 Å². The first-order valence-corrected chi connectivity index (χ1v) is 6.15. The van der Waals surface area contributed by atoms with Crippen LogP contribution in [0.4, 0.5) is 0 Å². The topological polar surface area (TPSA) is 0 Å². The van der Waals surface area contributed by atoms with Crippen molar-refractivity contribution in [2.24, 2.45) is 11.8 Å². The third-order valence-corrected chi connectivity index (χ3v) is 2.65. The van der Waals surface area contributed by atoms with Crippen molar-refractivity contribution >= 4 is 0 Å². The minimum absolute atomic E-state index is 0.755. The zero-order valence-electron chi connectivity index (χ0n) is 10.6. The number of rotatable bonds is 5. The number of benzene rings is 1. The molecule has 0 aliphatic carbocycles. The van der Waals surface area contributed by atoms with E-state index in [4.69, 9.17) is 0 Å². The molecule has 0 aromatic heterocycles. The fraction of sp³-hybridized carbons (Fsp3) is 0.600. The van der Waals surface area contributed by atoms with Crippen molar-refractivity contribution in [3.63, 3.8) is 0 Å². The van der Waals surface area contributed by atoms with Crippen LogP contribution in [-0.4, -0.2) is 0 Å². The standard InChI is InChI=1S/C15H24/c1-12(2)8-9-14-6-5-7-15(11-14)10-13(3)4/h5-7,11-13H,8-10H2,1-4H3. The van der Waals surface area contributed by atoms with E-state index >= 15 is 0 Å². The van der Waals surface area contributed by atoms with Crippen molar-refractivity contribution in [1.82, 2.24) is 0 Å². The van der Waals surface area contributed by atoms with Gasteiger partial charge in [-0.1, -0.05) is 52.0 Å². The molecule has 0 aliphatic rings. The fourth-order valence-corrected chi connectivity index (χ4v) is 1.84. The Kier molecular flexibility index (Phi) is 4.87. The predicted octanol–water partition coefficient (Wildman–Crippen LogP) is 4.47. The molecular weight excluding hydrogens is 180 g/mol. The van der Waals surface area contributed by atoms with Gasteiger partial charge in [-0.3, -0.25) is 0 Å². The quantitative estimate of drug-likeness (QED) is 0.663. The summed E-state index contributed by atoms with van der Waals surface area (Å²) in [7, 11) is 0. The van der Waals surface area contributed by atoms with Crippen molar-refractivity contribution in [1.29, 1.82) is 0 Å². The molecule has 1 rings (SSSR count). The molecule has 0 heteroatoms. The summed E-state index contributed by atoms with van der Waals surface area (Å²) in [4.78, 5) is 0. The molecule has 1 aromatic rings. The van der Waals surface area contributed by atoms with Crippen molar-refractivity contribution in [2.75, 3.05) is 0 Å². The van der Waals surface area contributed by atoms with Gasteiger partial charge in [-0.15, -0.1) is 0 Å². The summed E-state index contributed by atoms with van der Waals surface area (Å²) in [5.74, 6) is 1.56. The third kappa shape index (κ3) is 5.01. The van der Waals surface area contributed by atoms with E-state index in [1.807, 2.05) is 0 Å². The highest BCUT2D eigenvalue weighted by molar-refractivity contribution is 5.23. The molecule has 0 spiro atoms. The first-order valence-electron chi connectivity index (χ1n) is 6.15. The third-order valence-electron chi connectivity index (χ3n) is 2.65. The molecular formula is C15H24. The summed E-state index contributed by atoms with van der Waals surface area (Å²) in [6.45, 7) is 9.14. The summed E-state index contributed by atoms with van der Waals surface area (Å²) in [6.07, 6.45) is 3.73. The molecule has 0 unspecified atom stereocenters. The molecule has 15 heavy (non-hydrogen) atoms. The van der Waals surface area contributed by atoms with Crippen molar-refractivity contribution in [2.45, 2.75) is 47.0 Å². The zero-order valence-corrected chi connectivity index (χ0v) is 10.6. The molecule has 0 radical (unpaired) electrons. The van der Waals surface area contributed by atoms with Gasteiger partial charge in [0.2, 0.25) is 0 Å². The van der Waals surface area contributed by atoms with Gasteiger partial charge in [0.25, 0.3) is 0 Å². The van der Waals surface area contributed by atoms with E-state index in [9.17, 15) is 0 Å². The molecule has 0 fully saturated rings. The lowest BCUT2D eigenvalue weighted by atomic mass is 9.97. The minimum Gasteiger partial charge on any atom is -0.0628 e. The van der Waals surface area contributed by atoms with Crippen LogP contribution in [0.2, 0.25) is 0 Å². The summed E-state index contributed by atoms with van der Waals surface area (Å²) >= 11 is 0. The van der Waals surface area contributed by atoms with Gasteiger partial charge in [0.15, 0.2) is 0 Å². The van der Waals surface area contributed by atoms with E-state index in [1.54, 1.807) is 0 Å². The van der Waals surface area contributed by atoms with Gasteiger partial charge in [0.1, 0.15) is 0 Å². The summed E-state index contributed by atoms with van der Waals surface area (Å²) < 4.78 is 0. The molecule has 1 aromatic carbocycles. The Morgan fingerprint density at radius 3 is 2.20 bits per heavy atom. The Morgan fingerprint density at radius 2 is 1.60 bits per heavy atom. The first-order chi connectivity index (χ1) is 7.08. The Hall–Kier alpha value is -0.780. The van der Waals surface area contributed by atoms with Gasteiger partial charge in [0.05, 0.1) is 0 Å². The molecule has 0 amide bonds. The molecule has 0 saturated heterocycles. The lowest BCUT2D eigenvalue weighted by Crippen LogP contribution is -1.96. The van der Waals surface area contributed by atoms with Crippen molar-refractivity contribution in [3.05, 3.63) is 35.4 Å². The zero-order chi connectivity index (χ0) is 11.3. The summed E-state index contributed by atoms with van der Waals surface area (Å²) in [5, 5.41) is 0. The van der Waals surface area contributed by atoms with E-state index in [-0.39, 0.29) is 0 Å². The van der Waals surface area contributed by atoms with Crippen LogP contribution in [0.25, 0.3) is 0 Å². The van der Waals surface area contributed by atoms with Gasteiger partial charge < -0.3 is 0 Å². The molecule has 0 aliphatic heterocycles. The van der Waals surface area contributed by atoms with Crippen LogP contribution in [0, 0.1) is 11.8 Å². The minimum atomic E-state index is 0.755. The Balaban J connectivity index is 2.57. The monoisotopic (exact) mass is 204 g/mol. The van der Waals surface area contributed by atoms with E-state index in [2.05, 4.69) is 52.0 Å². The van der Waals surface area contributed by atoms with Crippen LogP contribution in [-0.2, 0) is 12.8 Å². The largest absolute Gasteiger partial charge is 0.0628 e. The van der Waals surface area contributed by atoms with Gasteiger partial charge >= 0.3 is 0 Å². The lowest BCUT2D eigenvalue weighted by molar-refractivity contribution is 0.586. The maximum Gasteiger partial charge on any atom is -0.0256 e. The van der Waals surface area contributed by atoms with E-state index in [1.165, 1.54) is 30.4 Å². The Bertz CT molecular complexity index is 284. The van der Waals surface area contributed by atoms with Crippen LogP contribution in [0.1, 0.15) is 45.2 Å². The van der Waals surface area contributed by atoms with E-state index in [0.717, 1.165) is 11.8 Å². The van der Waals surface area contributed by atoms with Gasteiger partial charge in [-0.25, -0.2) is 0 Å². The smallest absolute Gasteiger partial charge is 0.0256 e. The normalized spacial score (nSPS) is 11.3. The molecule has 0 bridgehead atoms. The SMILES string of the molecule is CC(C)CCc1cccc(CC(C)C)c1. The molecule has 0 atom stereocenters. The number of hydrogen-bond acceptors (Lipinski definition) is 0. The van der Waals surface area contributed by atoms with Gasteiger partial charge in [0, 0.05) is 0 Å². The van der Waals surface area contributed by atoms with Crippen LogP contribution in [0.5, 0.6) is 0 Å². The van der Waals surface area contributed by atoms with Crippen LogP contribution < -0.4 is 0 Å². The average molecular weight is 204 g/mol. The van der Waals surface area contributed by atoms with Gasteiger partial charge in [-0.2, -0.15) is 0 Å². The first kappa shape index (κ1) is 12.3. The second-order valence-corrected chi connectivity index (χ2v) is 5.35. The summed E-state index contributed by atoms with van der Waals surface area (Å²) in [6, 6.07) is 9.08. The second-order valence-electron chi connectivity index (χ2n) is 5.35. The van der Waals surface area contributed by atoms with Crippen molar-refractivity contribution in [3.8, 4) is 0 Å². The average Bonchev–Trinajstić information content (AvgIpc) is 2.14. The Morgan fingerprint density at radius 1 is 0.933 bits per heavy atom. The molecule has 0 heterocycles. The van der Waals surface area contributed by atoms with Crippen molar-refractivity contribution < 1.29 is 0 Å². The molecule has 0 nitrogen and oxygen atoms in total. The van der Waals surface area contributed by atoms with Crippen LogP contribution in [0.3, 0.4) is 0 Å². The highest BCUT2D eigenvalue weighted by Gasteiger charge is 2.00. The van der Waals surface area contributed by atoms with Crippen LogP contribution >= 0.6 is 0 Å². The number of hydrogen-bond donors (Lipinski definition) is 0. The summed E-state index contributed by atoms with van der Waals surface area (Å²) in [5.41, 5.74) is 2.99. The van der Waals surface area contributed by atoms with Gasteiger partial charge in [-0.05, 0) is 42.2 Å². The second kappa shape index (κ2) is 5.95. The van der Waals surface area contributed by atoms with E-state index < -0.39 is 0 Å². The van der Waals surface area contributed by atoms with E-state index in [0.29, 0.717) is 0 Å². The van der Waals surface area contributed by atoms with Crippen LogP contribution in [0.15, 0.2) is 24.3 Å². The maximum absolute atomic E-state index is 2.38. The highest BCUT2D eigenvalue weighted by Crippen LogP contribution is 2.13.